The van der Waals surface area contributed by atoms with Crippen molar-refractivity contribution in [2.75, 3.05) is 32.8 Å². The number of aromatic nitrogens is 2. The Bertz CT molecular complexity index is 1100. The Labute approximate surface area is 171 Å². The number of fused-ring (bicyclic) bond motifs is 1. The summed E-state index contributed by atoms with van der Waals surface area (Å²) in [5, 5.41) is 1.28. The maximum absolute atomic E-state index is 5.48. The van der Waals surface area contributed by atoms with Gasteiger partial charge in [0.05, 0.1) is 13.2 Å². The first-order chi connectivity index (χ1) is 14.4. The van der Waals surface area contributed by atoms with Gasteiger partial charge in [-0.05, 0) is 17.7 Å². The molecule has 146 valence electrons. The lowest BCUT2D eigenvalue weighted by Crippen LogP contribution is -2.38. The number of hydrogen-bond acceptors (Lipinski definition) is 3. The predicted octanol–water partition coefficient (Wildman–Crippen LogP) is 4.70. The van der Waals surface area contributed by atoms with E-state index in [0.717, 1.165) is 50.5 Å². The summed E-state index contributed by atoms with van der Waals surface area (Å²) in [6.07, 6.45) is 6.20. The number of pyridine rings is 1. The first-order valence-corrected chi connectivity index (χ1v) is 10.3. The highest BCUT2D eigenvalue weighted by Crippen LogP contribution is 2.32. The van der Waals surface area contributed by atoms with Crippen molar-refractivity contribution in [2.24, 2.45) is 0 Å². The Balaban J connectivity index is 1.49. The molecule has 0 aliphatic carbocycles. The van der Waals surface area contributed by atoms with E-state index < -0.39 is 0 Å². The molecule has 2 aromatic heterocycles. The minimum atomic E-state index is 0.843. The van der Waals surface area contributed by atoms with Crippen LogP contribution in [0.5, 0.6) is 0 Å². The fourth-order valence-corrected chi connectivity index (χ4v) is 4.11. The third-order valence-electron chi connectivity index (χ3n) is 5.71. The summed E-state index contributed by atoms with van der Waals surface area (Å²) in [6, 6.07) is 21.4. The largest absolute Gasteiger partial charge is 0.379 e. The van der Waals surface area contributed by atoms with Crippen LogP contribution in [0.25, 0.3) is 33.2 Å². The van der Waals surface area contributed by atoms with Crippen LogP contribution in [0.2, 0.25) is 0 Å². The number of morpholine rings is 1. The average molecular weight is 383 g/mol. The van der Waals surface area contributed by atoms with Gasteiger partial charge in [-0.1, -0.05) is 48.5 Å². The molecule has 0 spiro atoms. The van der Waals surface area contributed by atoms with Gasteiger partial charge in [0, 0.05) is 72.4 Å². The Morgan fingerprint density at radius 1 is 0.793 bits per heavy atom. The molecule has 0 amide bonds. The van der Waals surface area contributed by atoms with Crippen LogP contribution in [0, 0.1) is 0 Å². The van der Waals surface area contributed by atoms with E-state index in [1.807, 2.05) is 18.5 Å². The highest BCUT2D eigenvalue weighted by molar-refractivity contribution is 5.96. The van der Waals surface area contributed by atoms with E-state index in [4.69, 9.17) is 4.74 Å². The molecule has 3 heterocycles. The lowest BCUT2D eigenvalue weighted by molar-refractivity contribution is 0.0365. The molecule has 1 saturated heterocycles. The summed E-state index contributed by atoms with van der Waals surface area (Å²) >= 11 is 0. The van der Waals surface area contributed by atoms with Gasteiger partial charge in [-0.3, -0.25) is 9.88 Å². The smallest absolute Gasteiger partial charge is 0.0594 e. The zero-order valence-electron chi connectivity index (χ0n) is 16.5. The van der Waals surface area contributed by atoms with Crippen molar-refractivity contribution in [1.82, 2.24) is 14.5 Å². The highest BCUT2D eigenvalue weighted by atomic mass is 16.5. The highest BCUT2D eigenvalue weighted by Gasteiger charge is 2.14. The Kier molecular flexibility index (Phi) is 5.11. The van der Waals surface area contributed by atoms with Crippen LogP contribution in [0.15, 0.2) is 79.3 Å². The minimum absolute atomic E-state index is 0.843. The molecular formula is C25H25N3O. The lowest BCUT2D eigenvalue weighted by Gasteiger charge is -2.26. The summed E-state index contributed by atoms with van der Waals surface area (Å²) in [4.78, 5) is 7.02. The molecule has 0 atom stereocenters. The van der Waals surface area contributed by atoms with Crippen LogP contribution in [0.1, 0.15) is 0 Å². The number of hydrogen-bond donors (Lipinski definition) is 0. The Hall–Kier alpha value is -2.95. The summed E-state index contributed by atoms with van der Waals surface area (Å²) in [5.74, 6) is 0. The number of para-hydroxylation sites is 1. The molecule has 4 heteroatoms. The zero-order valence-corrected chi connectivity index (χ0v) is 16.5. The molecule has 1 aliphatic rings. The maximum atomic E-state index is 5.48. The van der Waals surface area contributed by atoms with E-state index in [9.17, 15) is 0 Å². The molecule has 1 fully saturated rings. The molecule has 4 aromatic rings. The fraction of sp³-hybridized carbons (Fsp3) is 0.240. The van der Waals surface area contributed by atoms with Gasteiger partial charge in [-0.2, -0.15) is 0 Å². The van der Waals surface area contributed by atoms with Crippen molar-refractivity contribution in [3.05, 3.63) is 79.3 Å². The van der Waals surface area contributed by atoms with Crippen LogP contribution in [-0.2, 0) is 11.3 Å². The van der Waals surface area contributed by atoms with Crippen molar-refractivity contribution >= 4 is 10.9 Å². The normalized spacial score (nSPS) is 15.0. The van der Waals surface area contributed by atoms with E-state index in [1.165, 1.54) is 22.0 Å². The Morgan fingerprint density at radius 3 is 2.41 bits per heavy atom. The summed E-state index contributed by atoms with van der Waals surface area (Å²) in [7, 11) is 0. The quantitative estimate of drug-likeness (QED) is 0.500. The fourth-order valence-electron chi connectivity index (χ4n) is 4.11. The minimum Gasteiger partial charge on any atom is -0.379 e. The molecule has 1 aliphatic heterocycles. The topological polar surface area (TPSA) is 30.3 Å². The third kappa shape index (κ3) is 3.82. The van der Waals surface area contributed by atoms with Gasteiger partial charge in [0.2, 0.25) is 0 Å². The first kappa shape index (κ1) is 18.1. The van der Waals surface area contributed by atoms with Gasteiger partial charge in [-0.25, -0.2) is 0 Å². The van der Waals surface area contributed by atoms with Crippen molar-refractivity contribution in [2.45, 2.75) is 6.54 Å². The second-order valence-corrected chi connectivity index (χ2v) is 7.54. The van der Waals surface area contributed by atoms with Gasteiger partial charge < -0.3 is 9.30 Å². The van der Waals surface area contributed by atoms with Crippen molar-refractivity contribution < 1.29 is 4.74 Å². The second kappa shape index (κ2) is 8.19. The van der Waals surface area contributed by atoms with E-state index in [2.05, 4.69) is 75.2 Å². The van der Waals surface area contributed by atoms with Crippen molar-refractivity contribution in [3.8, 4) is 22.3 Å². The average Bonchev–Trinajstić information content (AvgIpc) is 3.18. The maximum Gasteiger partial charge on any atom is 0.0594 e. The molecule has 29 heavy (non-hydrogen) atoms. The molecule has 0 unspecified atom stereocenters. The molecule has 0 saturated carbocycles. The number of ether oxygens (including phenoxy) is 1. The van der Waals surface area contributed by atoms with Crippen LogP contribution in [0.3, 0.4) is 0 Å². The second-order valence-electron chi connectivity index (χ2n) is 7.54. The third-order valence-corrected chi connectivity index (χ3v) is 5.71. The predicted molar refractivity (Wildman–Crippen MR) is 118 cm³/mol. The summed E-state index contributed by atoms with van der Waals surface area (Å²) < 4.78 is 7.86. The molecule has 4 nitrogen and oxygen atoms in total. The Morgan fingerprint density at radius 2 is 1.55 bits per heavy atom. The summed E-state index contributed by atoms with van der Waals surface area (Å²) in [5.41, 5.74) is 6.02. The molecule has 5 rings (SSSR count). The van der Waals surface area contributed by atoms with Crippen LogP contribution < -0.4 is 0 Å². The van der Waals surface area contributed by atoms with Crippen molar-refractivity contribution in [3.63, 3.8) is 0 Å². The number of nitrogens with zero attached hydrogens (tertiary/aromatic N) is 3. The lowest BCUT2D eigenvalue weighted by atomic mass is 10.0. The van der Waals surface area contributed by atoms with Gasteiger partial charge >= 0.3 is 0 Å². The van der Waals surface area contributed by atoms with Gasteiger partial charge in [-0.15, -0.1) is 0 Å². The SMILES string of the molecule is c1ccc(-c2cncc(-c3cn(CCN4CCOCC4)c4ccccc34)c2)cc1. The monoisotopic (exact) mass is 383 g/mol. The standard InChI is InChI=1S/C25H25N3O/c1-2-6-20(7-3-1)21-16-22(18-26-17-21)24-19-28(25-9-5-4-8-23(24)25)11-10-27-12-14-29-15-13-27/h1-9,16-19H,10-15H2. The van der Waals surface area contributed by atoms with Crippen LogP contribution >= 0.6 is 0 Å². The zero-order chi connectivity index (χ0) is 19.5. The molecule has 0 N–H and O–H groups in total. The van der Waals surface area contributed by atoms with Crippen LogP contribution in [-0.4, -0.2) is 47.3 Å². The van der Waals surface area contributed by atoms with E-state index in [1.54, 1.807) is 0 Å². The van der Waals surface area contributed by atoms with Crippen molar-refractivity contribution in [1.29, 1.82) is 0 Å². The van der Waals surface area contributed by atoms with Gasteiger partial charge in [0.1, 0.15) is 0 Å². The van der Waals surface area contributed by atoms with Gasteiger partial charge in [0.15, 0.2) is 0 Å². The first-order valence-electron chi connectivity index (χ1n) is 10.3. The summed E-state index contributed by atoms with van der Waals surface area (Å²) in [6.45, 7) is 5.76. The molecule has 0 radical (unpaired) electrons. The number of rotatable bonds is 5. The van der Waals surface area contributed by atoms with E-state index >= 15 is 0 Å². The van der Waals surface area contributed by atoms with E-state index in [-0.39, 0.29) is 0 Å². The van der Waals surface area contributed by atoms with E-state index in [0.29, 0.717) is 0 Å². The molecular weight excluding hydrogens is 358 g/mol. The molecule has 2 aromatic carbocycles. The van der Waals surface area contributed by atoms with Crippen LogP contribution in [0.4, 0.5) is 0 Å². The van der Waals surface area contributed by atoms with Gasteiger partial charge in [0.25, 0.3) is 0 Å². The number of benzene rings is 2. The molecule has 0 bridgehead atoms.